The van der Waals surface area contributed by atoms with Gasteiger partial charge in [-0.25, -0.2) is 0 Å². The van der Waals surface area contributed by atoms with Crippen LogP contribution in [-0.2, 0) is 14.2 Å². The molecule has 3 nitrogen and oxygen atoms in total. The predicted octanol–water partition coefficient (Wildman–Crippen LogP) is 2.51. The summed E-state index contributed by atoms with van der Waals surface area (Å²) in [5.41, 5.74) is -0.0936. The van der Waals surface area contributed by atoms with E-state index in [1.165, 1.54) is 10.8 Å². The first-order chi connectivity index (χ1) is 7.14. The number of rotatable bonds is 4. The summed E-state index contributed by atoms with van der Waals surface area (Å²) < 4.78 is 18.6. The Bertz CT molecular complexity index is 236. The molecule has 2 saturated heterocycles. The predicted molar refractivity (Wildman–Crippen MR) is 66.3 cm³/mol. The molecule has 0 N–H and O–H groups in total. The van der Waals surface area contributed by atoms with Crippen molar-refractivity contribution >= 4 is 22.6 Å². The van der Waals surface area contributed by atoms with Crippen molar-refractivity contribution in [3.05, 3.63) is 0 Å². The minimum Gasteiger partial charge on any atom is -0.367 e. The summed E-state index contributed by atoms with van der Waals surface area (Å²) in [6.45, 7) is 2.76. The molecular weight excluding hydrogens is 307 g/mol. The first kappa shape index (κ1) is 12.1. The SMILES string of the molecule is COC12CCC(O1)C(C)(CCCI)OC2. The first-order valence-electron chi connectivity index (χ1n) is 5.57. The van der Waals surface area contributed by atoms with E-state index in [2.05, 4.69) is 29.5 Å². The quantitative estimate of drug-likeness (QED) is 0.587. The van der Waals surface area contributed by atoms with E-state index in [1.54, 1.807) is 7.11 Å². The van der Waals surface area contributed by atoms with Crippen molar-refractivity contribution in [1.82, 2.24) is 0 Å². The molecule has 0 radical (unpaired) electrons. The fourth-order valence-corrected chi connectivity index (χ4v) is 2.87. The standard InChI is InChI=1S/C11H19IO3/c1-10(5-3-7-12)9-4-6-11(13-2,15-9)8-14-10/h9H,3-8H2,1-2H3. The summed E-state index contributed by atoms with van der Waals surface area (Å²) in [4.78, 5) is 0. The molecule has 2 fully saturated rings. The van der Waals surface area contributed by atoms with Gasteiger partial charge in [0.15, 0.2) is 5.79 Å². The average molecular weight is 326 g/mol. The van der Waals surface area contributed by atoms with Gasteiger partial charge in [0, 0.05) is 13.5 Å². The van der Waals surface area contributed by atoms with Crippen LogP contribution >= 0.6 is 22.6 Å². The Balaban J connectivity index is 2.01. The fraction of sp³-hybridized carbons (Fsp3) is 1.00. The third-order valence-electron chi connectivity index (χ3n) is 3.63. The molecule has 2 rings (SSSR count). The van der Waals surface area contributed by atoms with Crippen LogP contribution in [0.3, 0.4) is 0 Å². The van der Waals surface area contributed by atoms with E-state index in [1.807, 2.05) is 0 Å². The zero-order chi connectivity index (χ0) is 10.9. The van der Waals surface area contributed by atoms with Crippen molar-refractivity contribution in [2.24, 2.45) is 0 Å². The van der Waals surface area contributed by atoms with Crippen LogP contribution in [0.5, 0.6) is 0 Å². The van der Waals surface area contributed by atoms with E-state index in [9.17, 15) is 0 Å². The molecule has 2 bridgehead atoms. The van der Waals surface area contributed by atoms with Crippen LogP contribution in [0.4, 0.5) is 0 Å². The molecule has 0 saturated carbocycles. The number of ether oxygens (including phenoxy) is 3. The zero-order valence-electron chi connectivity index (χ0n) is 9.42. The van der Waals surface area contributed by atoms with E-state index in [0.29, 0.717) is 6.61 Å². The summed E-state index contributed by atoms with van der Waals surface area (Å²) in [7, 11) is 1.71. The minimum atomic E-state index is -0.436. The van der Waals surface area contributed by atoms with Crippen LogP contribution in [0.25, 0.3) is 0 Å². The molecule has 3 unspecified atom stereocenters. The number of hydrogen-bond acceptors (Lipinski definition) is 3. The number of halogens is 1. The van der Waals surface area contributed by atoms with Gasteiger partial charge in [0.05, 0.1) is 11.7 Å². The third kappa shape index (κ3) is 2.18. The highest BCUT2D eigenvalue weighted by atomic mass is 127. The van der Waals surface area contributed by atoms with E-state index < -0.39 is 5.79 Å². The third-order valence-corrected chi connectivity index (χ3v) is 4.39. The van der Waals surface area contributed by atoms with Crippen molar-refractivity contribution in [2.75, 3.05) is 18.1 Å². The maximum Gasteiger partial charge on any atom is 0.192 e. The van der Waals surface area contributed by atoms with Gasteiger partial charge in [0.2, 0.25) is 0 Å². The summed E-state index contributed by atoms with van der Waals surface area (Å²) in [5.74, 6) is -0.436. The lowest BCUT2D eigenvalue weighted by molar-refractivity contribution is -0.319. The molecule has 0 spiro atoms. The topological polar surface area (TPSA) is 27.7 Å². The smallest absolute Gasteiger partial charge is 0.192 e. The number of methoxy groups -OCH3 is 1. The molecule has 2 heterocycles. The van der Waals surface area contributed by atoms with Gasteiger partial charge in [0.1, 0.15) is 6.61 Å². The number of fused-ring (bicyclic) bond motifs is 2. The first-order valence-corrected chi connectivity index (χ1v) is 7.10. The average Bonchev–Trinajstić information content (AvgIpc) is 2.64. The van der Waals surface area contributed by atoms with Gasteiger partial charge in [-0.15, -0.1) is 0 Å². The Hall–Kier alpha value is 0.610. The molecule has 3 atom stereocenters. The summed E-state index contributed by atoms with van der Waals surface area (Å²) in [6, 6.07) is 0. The highest BCUT2D eigenvalue weighted by Gasteiger charge is 2.53. The van der Waals surface area contributed by atoms with Gasteiger partial charge >= 0.3 is 0 Å². The molecule has 0 aromatic carbocycles. The summed E-state index contributed by atoms with van der Waals surface area (Å²) >= 11 is 2.41. The van der Waals surface area contributed by atoms with Crippen LogP contribution in [0.2, 0.25) is 0 Å². The monoisotopic (exact) mass is 326 g/mol. The second-order valence-electron chi connectivity index (χ2n) is 4.65. The molecule has 15 heavy (non-hydrogen) atoms. The van der Waals surface area contributed by atoms with Crippen LogP contribution in [0.15, 0.2) is 0 Å². The zero-order valence-corrected chi connectivity index (χ0v) is 11.6. The molecule has 0 aromatic heterocycles. The van der Waals surface area contributed by atoms with Crippen LogP contribution in [0.1, 0.15) is 32.6 Å². The van der Waals surface area contributed by atoms with Gasteiger partial charge < -0.3 is 14.2 Å². The molecule has 2 aliphatic rings. The lowest BCUT2D eigenvalue weighted by Gasteiger charge is -2.43. The molecular formula is C11H19IO3. The van der Waals surface area contributed by atoms with Gasteiger partial charge in [-0.1, -0.05) is 22.6 Å². The normalized spacial score (nSPS) is 44.6. The maximum absolute atomic E-state index is 6.00. The van der Waals surface area contributed by atoms with Crippen LogP contribution in [-0.4, -0.2) is 35.6 Å². The lowest BCUT2D eigenvalue weighted by atomic mass is 9.92. The number of hydrogen-bond donors (Lipinski definition) is 0. The molecule has 4 heteroatoms. The van der Waals surface area contributed by atoms with Crippen LogP contribution < -0.4 is 0 Å². The van der Waals surface area contributed by atoms with Gasteiger partial charge in [-0.05, 0) is 30.6 Å². The minimum absolute atomic E-state index is 0.0936. The molecule has 0 amide bonds. The van der Waals surface area contributed by atoms with Crippen molar-refractivity contribution in [3.8, 4) is 0 Å². The van der Waals surface area contributed by atoms with Crippen molar-refractivity contribution in [1.29, 1.82) is 0 Å². The highest BCUT2D eigenvalue weighted by molar-refractivity contribution is 14.1. The van der Waals surface area contributed by atoms with Crippen molar-refractivity contribution in [3.63, 3.8) is 0 Å². The highest BCUT2D eigenvalue weighted by Crippen LogP contribution is 2.44. The second-order valence-corrected chi connectivity index (χ2v) is 5.73. The van der Waals surface area contributed by atoms with E-state index in [0.717, 1.165) is 19.3 Å². The second kappa shape index (κ2) is 4.47. The molecule has 0 aromatic rings. The van der Waals surface area contributed by atoms with Crippen LogP contribution in [0, 0.1) is 0 Å². The Morgan fingerprint density at radius 3 is 3.00 bits per heavy atom. The summed E-state index contributed by atoms with van der Waals surface area (Å²) in [5, 5.41) is 0. The fourth-order valence-electron chi connectivity index (χ4n) is 2.49. The van der Waals surface area contributed by atoms with Crippen molar-refractivity contribution in [2.45, 2.75) is 50.1 Å². The Kier molecular flexibility index (Phi) is 3.60. The Morgan fingerprint density at radius 1 is 1.53 bits per heavy atom. The summed E-state index contributed by atoms with van der Waals surface area (Å²) in [6.07, 6.45) is 4.52. The van der Waals surface area contributed by atoms with Crippen molar-refractivity contribution < 1.29 is 14.2 Å². The van der Waals surface area contributed by atoms with E-state index in [4.69, 9.17) is 14.2 Å². The van der Waals surface area contributed by atoms with Gasteiger partial charge in [0.25, 0.3) is 0 Å². The van der Waals surface area contributed by atoms with E-state index >= 15 is 0 Å². The largest absolute Gasteiger partial charge is 0.367 e. The van der Waals surface area contributed by atoms with Gasteiger partial charge in [-0.2, -0.15) is 0 Å². The molecule has 88 valence electrons. The maximum atomic E-state index is 6.00. The Labute approximate surface area is 105 Å². The lowest BCUT2D eigenvalue weighted by Crippen LogP contribution is -2.53. The Morgan fingerprint density at radius 2 is 2.33 bits per heavy atom. The molecule has 0 aliphatic carbocycles. The van der Waals surface area contributed by atoms with Gasteiger partial charge in [-0.3, -0.25) is 0 Å². The van der Waals surface area contributed by atoms with E-state index in [-0.39, 0.29) is 11.7 Å². The number of alkyl halides is 1. The molecule has 2 aliphatic heterocycles.